The van der Waals surface area contributed by atoms with Gasteiger partial charge in [-0.1, -0.05) is 39.0 Å². The number of rotatable bonds is 7. The van der Waals surface area contributed by atoms with Crippen molar-refractivity contribution in [3.05, 3.63) is 53.6 Å². The first-order valence-corrected chi connectivity index (χ1v) is 8.61. The van der Waals surface area contributed by atoms with Gasteiger partial charge in [-0.2, -0.15) is 5.10 Å². The summed E-state index contributed by atoms with van der Waals surface area (Å²) in [6.45, 7) is 6.31. The van der Waals surface area contributed by atoms with Gasteiger partial charge in [0.2, 0.25) is 0 Å². The zero-order valence-electron chi connectivity index (χ0n) is 16.4. The molecule has 1 N–H and O–H groups in total. The van der Waals surface area contributed by atoms with E-state index in [1.165, 1.54) is 11.8 Å². The zero-order valence-corrected chi connectivity index (χ0v) is 16.4. The first-order valence-electron chi connectivity index (χ1n) is 8.61. The summed E-state index contributed by atoms with van der Waals surface area (Å²) in [4.78, 5) is 11.9. The molecule has 0 radical (unpaired) electrons. The van der Waals surface area contributed by atoms with Crippen molar-refractivity contribution in [2.45, 2.75) is 26.2 Å². The van der Waals surface area contributed by atoms with Crippen LogP contribution in [0.2, 0.25) is 0 Å². The van der Waals surface area contributed by atoms with E-state index >= 15 is 0 Å². The molecule has 144 valence electrons. The number of amides is 1. The summed E-state index contributed by atoms with van der Waals surface area (Å²) in [5, 5.41) is 3.94. The third-order valence-electron chi connectivity index (χ3n) is 3.92. The van der Waals surface area contributed by atoms with Crippen molar-refractivity contribution in [2.24, 2.45) is 5.10 Å². The van der Waals surface area contributed by atoms with Crippen LogP contribution < -0.4 is 19.6 Å². The SMILES string of the molecule is COc1cccc(/C=N/NC(=O)COc2ccc(C(C)(C)C)cc2)c1OC. The molecule has 2 rings (SSSR count). The molecule has 2 aromatic rings. The molecule has 0 heterocycles. The van der Waals surface area contributed by atoms with Gasteiger partial charge in [0.25, 0.3) is 5.91 Å². The van der Waals surface area contributed by atoms with Crippen LogP contribution in [0.1, 0.15) is 31.9 Å². The standard InChI is InChI=1S/C21H26N2O4/c1-21(2,3)16-9-11-17(12-10-16)27-14-19(24)23-22-13-15-7-6-8-18(25-4)20(15)26-5/h6-13H,14H2,1-5H3,(H,23,24)/b22-13+. The molecule has 0 aliphatic carbocycles. The van der Waals surface area contributed by atoms with Crippen LogP contribution in [-0.2, 0) is 10.2 Å². The third kappa shape index (κ3) is 5.74. The van der Waals surface area contributed by atoms with Gasteiger partial charge in [0.15, 0.2) is 18.1 Å². The second kappa shape index (κ2) is 9.07. The Morgan fingerprint density at radius 3 is 2.37 bits per heavy atom. The van der Waals surface area contributed by atoms with Crippen molar-refractivity contribution in [1.29, 1.82) is 0 Å². The summed E-state index contributed by atoms with van der Waals surface area (Å²) in [5.41, 5.74) is 4.41. The lowest BCUT2D eigenvalue weighted by atomic mass is 9.87. The van der Waals surface area contributed by atoms with Crippen molar-refractivity contribution < 1.29 is 19.0 Å². The van der Waals surface area contributed by atoms with Gasteiger partial charge in [0.05, 0.1) is 20.4 Å². The van der Waals surface area contributed by atoms with E-state index in [0.717, 1.165) is 0 Å². The number of methoxy groups -OCH3 is 2. The average Bonchev–Trinajstić information content (AvgIpc) is 2.65. The summed E-state index contributed by atoms with van der Waals surface area (Å²) in [6, 6.07) is 13.1. The second-order valence-corrected chi connectivity index (χ2v) is 6.94. The van der Waals surface area contributed by atoms with Crippen LogP contribution in [-0.4, -0.2) is 32.9 Å². The highest BCUT2D eigenvalue weighted by molar-refractivity contribution is 5.86. The van der Waals surface area contributed by atoms with Crippen molar-refractivity contribution in [1.82, 2.24) is 5.43 Å². The Hall–Kier alpha value is -3.02. The van der Waals surface area contributed by atoms with Gasteiger partial charge < -0.3 is 14.2 Å². The summed E-state index contributed by atoms with van der Waals surface area (Å²) in [7, 11) is 3.11. The Labute approximate surface area is 160 Å². The maximum atomic E-state index is 11.9. The zero-order chi connectivity index (χ0) is 19.9. The van der Waals surface area contributed by atoms with E-state index in [0.29, 0.717) is 22.8 Å². The Morgan fingerprint density at radius 1 is 1.07 bits per heavy atom. The average molecular weight is 370 g/mol. The molecule has 27 heavy (non-hydrogen) atoms. The van der Waals surface area contributed by atoms with E-state index in [1.807, 2.05) is 36.4 Å². The smallest absolute Gasteiger partial charge is 0.277 e. The van der Waals surface area contributed by atoms with Gasteiger partial charge in [-0.15, -0.1) is 0 Å². The highest BCUT2D eigenvalue weighted by Crippen LogP contribution is 2.29. The fraction of sp³-hybridized carbons (Fsp3) is 0.333. The largest absolute Gasteiger partial charge is 0.493 e. The lowest BCUT2D eigenvalue weighted by Crippen LogP contribution is -2.24. The van der Waals surface area contributed by atoms with Gasteiger partial charge in [0.1, 0.15) is 5.75 Å². The monoisotopic (exact) mass is 370 g/mol. The molecule has 0 unspecified atom stereocenters. The highest BCUT2D eigenvalue weighted by Gasteiger charge is 2.13. The number of hydrogen-bond donors (Lipinski definition) is 1. The van der Waals surface area contributed by atoms with Crippen molar-refractivity contribution in [3.8, 4) is 17.2 Å². The van der Waals surface area contributed by atoms with E-state index in [1.54, 1.807) is 20.3 Å². The lowest BCUT2D eigenvalue weighted by molar-refractivity contribution is -0.123. The van der Waals surface area contributed by atoms with E-state index < -0.39 is 0 Å². The van der Waals surface area contributed by atoms with Crippen LogP contribution in [0.15, 0.2) is 47.6 Å². The van der Waals surface area contributed by atoms with Crippen LogP contribution in [0, 0.1) is 0 Å². The number of carbonyl (C=O) groups is 1. The minimum absolute atomic E-state index is 0.0752. The molecule has 6 heteroatoms. The molecule has 0 saturated heterocycles. The molecule has 0 aromatic heterocycles. The minimum Gasteiger partial charge on any atom is -0.493 e. The molecule has 2 aromatic carbocycles. The number of carbonyl (C=O) groups excluding carboxylic acids is 1. The maximum Gasteiger partial charge on any atom is 0.277 e. The Kier molecular flexibility index (Phi) is 6.82. The molecule has 1 amide bonds. The lowest BCUT2D eigenvalue weighted by Gasteiger charge is -2.19. The van der Waals surface area contributed by atoms with Crippen LogP contribution >= 0.6 is 0 Å². The van der Waals surface area contributed by atoms with Gasteiger partial charge in [-0.25, -0.2) is 5.43 Å². The first-order chi connectivity index (χ1) is 12.8. The Balaban J connectivity index is 1.89. The van der Waals surface area contributed by atoms with E-state index in [9.17, 15) is 4.79 Å². The Bertz CT molecular complexity index is 793. The molecule has 0 aliphatic heterocycles. The quantitative estimate of drug-likeness (QED) is 0.598. The highest BCUT2D eigenvalue weighted by atomic mass is 16.5. The summed E-state index contributed by atoms with van der Waals surface area (Å²) < 4.78 is 16.0. The van der Waals surface area contributed by atoms with Crippen molar-refractivity contribution in [2.75, 3.05) is 20.8 Å². The summed E-state index contributed by atoms with van der Waals surface area (Å²) in [5.74, 6) is 1.42. The van der Waals surface area contributed by atoms with E-state index in [-0.39, 0.29) is 17.9 Å². The van der Waals surface area contributed by atoms with Gasteiger partial charge in [-0.05, 0) is 35.2 Å². The maximum absolute atomic E-state index is 11.9. The molecular weight excluding hydrogens is 344 g/mol. The molecule has 6 nitrogen and oxygen atoms in total. The molecule has 0 fully saturated rings. The Morgan fingerprint density at radius 2 is 1.78 bits per heavy atom. The number of nitrogens with one attached hydrogen (secondary N) is 1. The van der Waals surface area contributed by atoms with Crippen LogP contribution in [0.3, 0.4) is 0 Å². The topological polar surface area (TPSA) is 69.2 Å². The number of benzene rings is 2. The molecule has 0 spiro atoms. The van der Waals surface area contributed by atoms with Gasteiger partial charge >= 0.3 is 0 Å². The fourth-order valence-electron chi connectivity index (χ4n) is 2.42. The minimum atomic E-state index is -0.354. The van der Waals surface area contributed by atoms with E-state index in [2.05, 4.69) is 31.3 Å². The summed E-state index contributed by atoms with van der Waals surface area (Å²) in [6.07, 6.45) is 1.50. The number of hydrazone groups is 1. The molecule has 0 bridgehead atoms. The molecule has 0 atom stereocenters. The van der Waals surface area contributed by atoms with E-state index in [4.69, 9.17) is 14.2 Å². The second-order valence-electron chi connectivity index (χ2n) is 6.94. The van der Waals surface area contributed by atoms with Gasteiger partial charge in [0, 0.05) is 5.56 Å². The predicted molar refractivity (Wildman–Crippen MR) is 106 cm³/mol. The molecule has 0 saturated carbocycles. The van der Waals surface area contributed by atoms with Crippen LogP contribution in [0.4, 0.5) is 0 Å². The summed E-state index contributed by atoms with van der Waals surface area (Å²) >= 11 is 0. The first kappa shape index (κ1) is 20.3. The van der Waals surface area contributed by atoms with Crippen LogP contribution in [0.25, 0.3) is 0 Å². The van der Waals surface area contributed by atoms with Gasteiger partial charge in [-0.3, -0.25) is 4.79 Å². The molecule has 0 aliphatic rings. The third-order valence-corrected chi connectivity index (χ3v) is 3.92. The normalized spacial score (nSPS) is 11.3. The van der Waals surface area contributed by atoms with Crippen molar-refractivity contribution in [3.63, 3.8) is 0 Å². The number of para-hydroxylation sites is 1. The van der Waals surface area contributed by atoms with Crippen molar-refractivity contribution >= 4 is 12.1 Å². The molecular formula is C21H26N2O4. The fourth-order valence-corrected chi connectivity index (χ4v) is 2.42. The predicted octanol–water partition coefficient (Wildman–Crippen LogP) is 3.53. The number of ether oxygens (including phenoxy) is 3. The number of nitrogens with zero attached hydrogens (tertiary/aromatic N) is 1. The van der Waals surface area contributed by atoms with Crippen LogP contribution in [0.5, 0.6) is 17.2 Å². The number of hydrogen-bond acceptors (Lipinski definition) is 5.